The maximum Gasteiger partial charge on any atom is 0.0501 e. The SMILES string of the molecule is C/C(=C\Cl)CN1CC(C)C(Cl)C1. The van der Waals surface area contributed by atoms with Crippen LogP contribution in [0.15, 0.2) is 11.1 Å². The van der Waals surface area contributed by atoms with Crippen molar-refractivity contribution in [1.29, 1.82) is 0 Å². The van der Waals surface area contributed by atoms with Crippen LogP contribution < -0.4 is 0 Å². The van der Waals surface area contributed by atoms with Gasteiger partial charge in [-0.2, -0.15) is 0 Å². The predicted octanol–water partition coefficient (Wildman–Crippen LogP) is 2.69. The number of likely N-dealkylation sites (tertiary alicyclic amines) is 1. The predicted molar refractivity (Wildman–Crippen MR) is 54.9 cm³/mol. The summed E-state index contributed by atoms with van der Waals surface area (Å²) in [6.07, 6.45) is 0. The molecule has 0 aromatic rings. The first-order valence-corrected chi connectivity index (χ1v) is 5.13. The van der Waals surface area contributed by atoms with Crippen LogP contribution in [0.4, 0.5) is 0 Å². The molecule has 0 bridgehead atoms. The second kappa shape index (κ2) is 4.50. The van der Waals surface area contributed by atoms with E-state index < -0.39 is 0 Å². The van der Waals surface area contributed by atoms with Gasteiger partial charge in [0.2, 0.25) is 0 Å². The molecule has 1 heterocycles. The smallest absolute Gasteiger partial charge is 0.0501 e. The Balaban J connectivity index is 2.37. The van der Waals surface area contributed by atoms with Gasteiger partial charge < -0.3 is 0 Å². The molecule has 0 N–H and O–H groups in total. The van der Waals surface area contributed by atoms with Crippen LogP contribution in [-0.2, 0) is 0 Å². The van der Waals surface area contributed by atoms with Crippen molar-refractivity contribution in [3.8, 4) is 0 Å². The fourth-order valence-electron chi connectivity index (χ4n) is 1.54. The highest BCUT2D eigenvalue weighted by Crippen LogP contribution is 2.21. The van der Waals surface area contributed by atoms with Gasteiger partial charge in [0.15, 0.2) is 0 Å². The lowest BCUT2D eigenvalue weighted by molar-refractivity contribution is 0.356. The maximum absolute atomic E-state index is 6.09. The highest BCUT2D eigenvalue weighted by Gasteiger charge is 2.27. The molecular formula is C9H15Cl2N. The van der Waals surface area contributed by atoms with Gasteiger partial charge in [0, 0.05) is 25.2 Å². The quantitative estimate of drug-likeness (QED) is 0.630. The van der Waals surface area contributed by atoms with Crippen molar-refractivity contribution in [2.24, 2.45) is 5.92 Å². The van der Waals surface area contributed by atoms with Crippen LogP contribution in [0.5, 0.6) is 0 Å². The number of rotatable bonds is 2. The van der Waals surface area contributed by atoms with Crippen molar-refractivity contribution < 1.29 is 0 Å². The van der Waals surface area contributed by atoms with Crippen LogP contribution in [0.1, 0.15) is 13.8 Å². The van der Waals surface area contributed by atoms with Crippen LogP contribution >= 0.6 is 23.2 Å². The number of hydrogen-bond acceptors (Lipinski definition) is 1. The molecule has 0 radical (unpaired) electrons. The number of alkyl halides is 1. The van der Waals surface area contributed by atoms with Crippen LogP contribution in [0, 0.1) is 5.92 Å². The zero-order valence-corrected chi connectivity index (χ0v) is 9.07. The largest absolute Gasteiger partial charge is 0.298 e. The summed E-state index contributed by atoms with van der Waals surface area (Å²) in [6, 6.07) is 0. The molecule has 70 valence electrons. The standard InChI is InChI=1S/C9H15Cl2N/c1-7(3-10)4-12-5-8(2)9(11)6-12/h3,8-9H,4-6H2,1-2H3/b7-3+. The average Bonchev–Trinajstić information content (AvgIpc) is 2.31. The van der Waals surface area contributed by atoms with E-state index in [-0.39, 0.29) is 0 Å². The molecule has 1 saturated heterocycles. The third-order valence-corrected chi connectivity index (χ3v) is 3.20. The first-order chi connectivity index (χ1) is 5.63. The summed E-state index contributed by atoms with van der Waals surface area (Å²) < 4.78 is 0. The van der Waals surface area contributed by atoms with E-state index >= 15 is 0 Å². The van der Waals surface area contributed by atoms with Gasteiger partial charge in [0.25, 0.3) is 0 Å². The summed E-state index contributed by atoms with van der Waals surface area (Å²) in [5.41, 5.74) is 2.85. The number of nitrogens with zero attached hydrogens (tertiary/aromatic N) is 1. The second-order valence-electron chi connectivity index (χ2n) is 3.64. The van der Waals surface area contributed by atoms with Crippen molar-refractivity contribution in [3.63, 3.8) is 0 Å². The summed E-state index contributed by atoms with van der Waals surface area (Å²) in [5.74, 6) is 0.606. The van der Waals surface area contributed by atoms with Gasteiger partial charge in [-0.25, -0.2) is 0 Å². The van der Waals surface area contributed by atoms with Crippen molar-refractivity contribution in [2.75, 3.05) is 19.6 Å². The minimum absolute atomic E-state index is 0.313. The van der Waals surface area contributed by atoms with Gasteiger partial charge >= 0.3 is 0 Å². The molecule has 1 fully saturated rings. The average molecular weight is 208 g/mol. The molecule has 0 aliphatic carbocycles. The number of halogens is 2. The van der Waals surface area contributed by atoms with E-state index in [4.69, 9.17) is 23.2 Å². The normalized spacial score (nSPS) is 32.8. The fraction of sp³-hybridized carbons (Fsp3) is 0.778. The van der Waals surface area contributed by atoms with Gasteiger partial charge in [-0.15, -0.1) is 11.6 Å². The molecule has 1 aliphatic rings. The fourth-order valence-corrected chi connectivity index (χ4v) is 1.88. The molecule has 2 atom stereocenters. The van der Waals surface area contributed by atoms with Crippen molar-refractivity contribution in [2.45, 2.75) is 19.2 Å². The van der Waals surface area contributed by atoms with E-state index in [1.54, 1.807) is 5.54 Å². The van der Waals surface area contributed by atoms with Crippen LogP contribution in [0.2, 0.25) is 0 Å². The second-order valence-corrected chi connectivity index (χ2v) is 4.42. The minimum Gasteiger partial charge on any atom is -0.298 e. The molecule has 0 saturated carbocycles. The lowest BCUT2D eigenvalue weighted by atomic mass is 10.2. The summed E-state index contributed by atoms with van der Waals surface area (Å²) >= 11 is 11.7. The summed E-state index contributed by atoms with van der Waals surface area (Å²) in [6.45, 7) is 7.27. The highest BCUT2D eigenvalue weighted by molar-refractivity contribution is 6.25. The number of hydrogen-bond donors (Lipinski definition) is 0. The van der Waals surface area contributed by atoms with Crippen LogP contribution in [-0.4, -0.2) is 29.9 Å². The Kier molecular flexibility index (Phi) is 3.88. The summed E-state index contributed by atoms with van der Waals surface area (Å²) in [5, 5.41) is 0.313. The molecule has 1 rings (SSSR count). The zero-order chi connectivity index (χ0) is 9.14. The maximum atomic E-state index is 6.09. The minimum atomic E-state index is 0.313. The molecule has 0 aromatic carbocycles. The molecule has 1 aliphatic heterocycles. The van der Waals surface area contributed by atoms with E-state index in [9.17, 15) is 0 Å². The first kappa shape index (κ1) is 10.4. The Bertz CT molecular complexity index is 169. The van der Waals surface area contributed by atoms with E-state index in [0.717, 1.165) is 19.6 Å². The third-order valence-electron chi connectivity index (χ3n) is 2.26. The zero-order valence-electron chi connectivity index (χ0n) is 7.56. The Labute approximate surface area is 84.3 Å². The van der Waals surface area contributed by atoms with Crippen molar-refractivity contribution in [3.05, 3.63) is 11.1 Å². The molecule has 0 aromatic heterocycles. The van der Waals surface area contributed by atoms with Crippen molar-refractivity contribution >= 4 is 23.2 Å². The molecule has 2 unspecified atom stereocenters. The lowest BCUT2D eigenvalue weighted by Crippen LogP contribution is -2.22. The van der Waals surface area contributed by atoms with Gasteiger partial charge in [0.1, 0.15) is 0 Å². The van der Waals surface area contributed by atoms with Gasteiger partial charge in [-0.1, -0.05) is 18.5 Å². The van der Waals surface area contributed by atoms with Crippen LogP contribution in [0.25, 0.3) is 0 Å². The molecule has 3 heteroatoms. The molecular weight excluding hydrogens is 193 g/mol. The van der Waals surface area contributed by atoms with E-state index in [0.29, 0.717) is 11.3 Å². The van der Waals surface area contributed by atoms with Gasteiger partial charge in [-0.05, 0) is 18.4 Å². The molecule has 1 nitrogen and oxygen atoms in total. The van der Waals surface area contributed by atoms with E-state index in [1.807, 2.05) is 6.92 Å². The lowest BCUT2D eigenvalue weighted by Gasteiger charge is -2.14. The van der Waals surface area contributed by atoms with Gasteiger partial charge in [0.05, 0.1) is 5.38 Å². The molecule has 0 amide bonds. The topological polar surface area (TPSA) is 3.24 Å². The Hall–Kier alpha value is 0.280. The monoisotopic (exact) mass is 207 g/mol. The van der Waals surface area contributed by atoms with Crippen LogP contribution in [0.3, 0.4) is 0 Å². The third kappa shape index (κ3) is 2.65. The summed E-state index contributed by atoms with van der Waals surface area (Å²) in [7, 11) is 0. The Morgan fingerprint density at radius 2 is 2.25 bits per heavy atom. The van der Waals surface area contributed by atoms with Crippen molar-refractivity contribution in [1.82, 2.24) is 4.90 Å². The first-order valence-electron chi connectivity index (χ1n) is 4.25. The molecule has 0 spiro atoms. The van der Waals surface area contributed by atoms with E-state index in [1.165, 1.54) is 5.57 Å². The highest BCUT2D eigenvalue weighted by atomic mass is 35.5. The van der Waals surface area contributed by atoms with Gasteiger partial charge in [-0.3, -0.25) is 4.90 Å². The Morgan fingerprint density at radius 3 is 2.67 bits per heavy atom. The Morgan fingerprint density at radius 1 is 1.58 bits per heavy atom. The molecule has 12 heavy (non-hydrogen) atoms. The van der Waals surface area contributed by atoms with E-state index in [2.05, 4.69) is 11.8 Å². The summed E-state index contributed by atoms with van der Waals surface area (Å²) in [4.78, 5) is 2.34.